The number of thioether (sulfide) groups is 1. The van der Waals surface area contributed by atoms with E-state index in [1.165, 1.54) is 12.3 Å². The van der Waals surface area contributed by atoms with Crippen molar-refractivity contribution in [2.75, 3.05) is 38.2 Å². The van der Waals surface area contributed by atoms with Crippen molar-refractivity contribution in [3.05, 3.63) is 65.5 Å². The molecule has 1 aromatic heterocycles. The lowest BCUT2D eigenvalue weighted by Crippen LogP contribution is -2.55. The molecule has 0 spiro atoms. The van der Waals surface area contributed by atoms with Gasteiger partial charge in [0, 0.05) is 31.6 Å². The van der Waals surface area contributed by atoms with Crippen molar-refractivity contribution in [1.82, 2.24) is 14.5 Å². The predicted molar refractivity (Wildman–Crippen MR) is 126 cm³/mol. The fourth-order valence-electron chi connectivity index (χ4n) is 3.34. The molecule has 2 aromatic rings. The fraction of sp³-hybridized carbons (Fsp3) is 0.364. The molecule has 1 unspecified atom stereocenters. The highest BCUT2D eigenvalue weighted by atomic mass is 32.2. The lowest BCUT2D eigenvalue weighted by molar-refractivity contribution is -0.134. The summed E-state index contributed by atoms with van der Waals surface area (Å²) in [4.78, 5) is 28.8. The molecule has 1 aromatic carbocycles. The second kappa shape index (κ2) is 11.3. The van der Waals surface area contributed by atoms with Gasteiger partial charge in [0.25, 0.3) is 5.91 Å². The van der Waals surface area contributed by atoms with E-state index in [9.17, 15) is 18.0 Å². The van der Waals surface area contributed by atoms with Crippen molar-refractivity contribution < 1.29 is 22.4 Å². The Bertz CT molecular complexity index is 1020. The van der Waals surface area contributed by atoms with Gasteiger partial charge in [-0.2, -0.15) is 16.5 Å². The predicted octanol–water partition coefficient (Wildman–Crippen LogP) is 2.28. The van der Waals surface area contributed by atoms with Gasteiger partial charge in [0.1, 0.15) is 6.04 Å². The van der Waals surface area contributed by atoms with Gasteiger partial charge in [-0.05, 0) is 42.2 Å². The zero-order valence-corrected chi connectivity index (χ0v) is 19.5. The number of benzene rings is 1. The molecule has 32 heavy (non-hydrogen) atoms. The minimum Gasteiger partial charge on any atom is -0.459 e. The number of sulfonamides is 1. The molecule has 1 aliphatic rings. The summed E-state index contributed by atoms with van der Waals surface area (Å²) in [6, 6.07) is 11.5. The first-order valence-corrected chi connectivity index (χ1v) is 13.2. The molecule has 2 amide bonds. The number of piperazine rings is 1. The van der Waals surface area contributed by atoms with E-state index < -0.39 is 16.1 Å². The van der Waals surface area contributed by atoms with E-state index in [1.54, 1.807) is 45.8 Å². The van der Waals surface area contributed by atoms with Gasteiger partial charge in [-0.3, -0.25) is 9.59 Å². The zero-order valence-electron chi connectivity index (χ0n) is 17.8. The van der Waals surface area contributed by atoms with Crippen LogP contribution in [0.4, 0.5) is 0 Å². The molecule has 8 nitrogen and oxygen atoms in total. The van der Waals surface area contributed by atoms with Gasteiger partial charge in [-0.15, -0.1) is 0 Å². The molecule has 1 aliphatic heterocycles. The number of amides is 2. The van der Waals surface area contributed by atoms with E-state index in [1.807, 2.05) is 24.5 Å². The Labute approximate surface area is 192 Å². The molecular formula is C22H27N3O5S2. The van der Waals surface area contributed by atoms with Gasteiger partial charge in [0.05, 0.1) is 6.26 Å². The molecule has 1 fully saturated rings. The summed E-state index contributed by atoms with van der Waals surface area (Å²) in [6.07, 6.45) is 5.23. The molecule has 0 bridgehead atoms. The van der Waals surface area contributed by atoms with Crippen molar-refractivity contribution in [1.29, 1.82) is 0 Å². The minimum atomic E-state index is -3.81. The first-order valence-electron chi connectivity index (χ1n) is 10.3. The Hall–Kier alpha value is -2.56. The molecule has 1 N–H and O–H groups in total. The van der Waals surface area contributed by atoms with Crippen LogP contribution in [0.1, 0.15) is 22.5 Å². The Morgan fingerprint density at radius 1 is 1.09 bits per heavy atom. The normalized spacial score (nSPS) is 15.8. The topological polar surface area (TPSA) is 99.9 Å². The number of hydrogen-bond acceptors (Lipinski definition) is 6. The molecule has 1 saturated heterocycles. The standard InChI is InChI=1S/C22H27N3O5S2/c1-31-16-9-19(23-32(28,29)17-10-18-6-3-2-4-7-18)21(26)24-11-13-25(14-12-24)22(27)20-8-5-15-30-20/h2-8,10,15,17,19,23H,9,11-14,16H2,1H3/b17-10+. The first kappa shape index (κ1) is 24.1. The van der Waals surface area contributed by atoms with Crippen LogP contribution in [0.3, 0.4) is 0 Å². The number of carbonyl (C=O) groups excluding carboxylic acids is 2. The Kier molecular flexibility index (Phi) is 8.54. The smallest absolute Gasteiger partial charge is 0.289 e. The third-order valence-corrected chi connectivity index (χ3v) is 6.82. The van der Waals surface area contributed by atoms with Crippen LogP contribution in [0.5, 0.6) is 0 Å². The molecule has 0 saturated carbocycles. The number of carbonyl (C=O) groups is 2. The SMILES string of the molecule is CSCCC(NS(=O)(=O)/C=C/c1ccccc1)C(=O)N1CCN(C(=O)c2ccco2)CC1. The average Bonchev–Trinajstić information content (AvgIpc) is 3.35. The van der Waals surface area contributed by atoms with E-state index >= 15 is 0 Å². The molecule has 0 radical (unpaired) electrons. The maximum atomic E-state index is 13.1. The van der Waals surface area contributed by atoms with Crippen LogP contribution in [-0.4, -0.2) is 74.3 Å². The third kappa shape index (κ3) is 6.72. The second-order valence-electron chi connectivity index (χ2n) is 7.31. The summed E-state index contributed by atoms with van der Waals surface area (Å²) < 4.78 is 32.9. The van der Waals surface area contributed by atoms with Crippen LogP contribution >= 0.6 is 11.8 Å². The summed E-state index contributed by atoms with van der Waals surface area (Å²) in [7, 11) is -3.81. The molecule has 172 valence electrons. The quantitative estimate of drug-likeness (QED) is 0.595. The van der Waals surface area contributed by atoms with E-state index in [0.29, 0.717) is 38.4 Å². The van der Waals surface area contributed by atoms with E-state index in [0.717, 1.165) is 11.0 Å². The number of rotatable bonds is 9. The molecular weight excluding hydrogens is 450 g/mol. The van der Waals surface area contributed by atoms with Crippen LogP contribution in [-0.2, 0) is 14.8 Å². The molecule has 0 aliphatic carbocycles. The monoisotopic (exact) mass is 477 g/mol. The zero-order chi connectivity index (χ0) is 23.0. The van der Waals surface area contributed by atoms with Gasteiger partial charge in [0.2, 0.25) is 15.9 Å². The maximum absolute atomic E-state index is 13.1. The molecule has 10 heteroatoms. The number of nitrogens with one attached hydrogen (secondary N) is 1. The summed E-state index contributed by atoms with van der Waals surface area (Å²) in [5.41, 5.74) is 0.752. The Morgan fingerprint density at radius 3 is 2.41 bits per heavy atom. The molecule has 3 rings (SSSR count). The second-order valence-corrected chi connectivity index (χ2v) is 9.89. The van der Waals surface area contributed by atoms with Crippen LogP contribution in [0.25, 0.3) is 6.08 Å². The van der Waals surface area contributed by atoms with Crippen molar-refractivity contribution in [3.63, 3.8) is 0 Å². The maximum Gasteiger partial charge on any atom is 0.289 e. The highest BCUT2D eigenvalue weighted by Gasteiger charge is 2.31. The number of furan rings is 1. The van der Waals surface area contributed by atoms with Gasteiger partial charge in [0.15, 0.2) is 5.76 Å². The minimum absolute atomic E-state index is 0.215. The van der Waals surface area contributed by atoms with Gasteiger partial charge in [-0.25, -0.2) is 8.42 Å². The highest BCUT2D eigenvalue weighted by Crippen LogP contribution is 2.13. The van der Waals surface area contributed by atoms with Crippen LogP contribution < -0.4 is 4.72 Å². The Morgan fingerprint density at radius 2 is 1.78 bits per heavy atom. The van der Waals surface area contributed by atoms with Crippen molar-refractivity contribution in [2.45, 2.75) is 12.5 Å². The summed E-state index contributed by atoms with van der Waals surface area (Å²) in [6.45, 7) is 1.40. The lowest BCUT2D eigenvalue weighted by Gasteiger charge is -2.36. The van der Waals surface area contributed by atoms with Crippen LogP contribution in [0.2, 0.25) is 0 Å². The molecule has 2 heterocycles. The summed E-state index contributed by atoms with van der Waals surface area (Å²) >= 11 is 1.55. The van der Waals surface area contributed by atoms with E-state index in [4.69, 9.17) is 4.42 Å². The van der Waals surface area contributed by atoms with Crippen LogP contribution in [0, 0.1) is 0 Å². The van der Waals surface area contributed by atoms with Gasteiger partial charge in [-0.1, -0.05) is 30.3 Å². The number of nitrogens with zero attached hydrogens (tertiary/aromatic N) is 2. The highest BCUT2D eigenvalue weighted by molar-refractivity contribution is 7.98. The van der Waals surface area contributed by atoms with Gasteiger partial charge < -0.3 is 14.2 Å². The lowest BCUT2D eigenvalue weighted by atomic mass is 10.2. The van der Waals surface area contributed by atoms with Crippen molar-refractivity contribution in [3.8, 4) is 0 Å². The van der Waals surface area contributed by atoms with Crippen LogP contribution in [0.15, 0.2) is 58.6 Å². The fourth-order valence-corrected chi connectivity index (χ4v) is 4.85. The van der Waals surface area contributed by atoms with Crippen molar-refractivity contribution >= 4 is 39.7 Å². The average molecular weight is 478 g/mol. The Balaban J connectivity index is 1.62. The van der Waals surface area contributed by atoms with Gasteiger partial charge >= 0.3 is 0 Å². The molecule has 1 atom stereocenters. The van der Waals surface area contributed by atoms with E-state index in [-0.39, 0.29) is 17.6 Å². The number of hydrogen-bond donors (Lipinski definition) is 1. The first-order chi connectivity index (χ1) is 15.4. The third-order valence-electron chi connectivity index (χ3n) is 5.07. The summed E-state index contributed by atoms with van der Waals surface area (Å²) in [5.74, 6) is 0.410. The largest absolute Gasteiger partial charge is 0.459 e. The van der Waals surface area contributed by atoms with E-state index in [2.05, 4.69) is 4.72 Å². The summed E-state index contributed by atoms with van der Waals surface area (Å²) in [5, 5.41) is 1.08. The van der Waals surface area contributed by atoms with Crippen molar-refractivity contribution in [2.24, 2.45) is 0 Å².